The molecule has 0 saturated heterocycles. The normalized spacial score (nSPS) is 10.4. The van der Waals surface area contributed by atoms with Crippen molar-refractivity contribution in [3.05, 3.63) is 51.7 Å². The summed E-state index contributed by atoms with van der Waals surface area (Å²) in [4.78, 5) is 27.7. The second-order valence-corrected chi connectivity index (χ2v) is 4.69. The highest BCUT2D eigenvalue weighted by Gasteiger charge is 2.10. The number of rotatable bonds is 3. The van der Waals surface area contributed by atoms with E-state index in [1.807, 2.05) is 0 Å². The average molecular weight is 290 g/mol. The van der Waals surface area contributed by atoms with Gasteiger partial charge in [0.05, 0.1) is 0 Å². The lowest BCUT2D eigenvalue weighted by Crippen LogP contribution is -2.30. The average Bonchev–Trinajstić information content (AvgIpc) is 2.37. The van der Waals surface area contributed by atoms with Crippen molar-refractivity contribution < 1.29 is 9.18 Å². The van der Waals surface area contributed by atoms with Crippen LogP contribution in [0.2, 0.25) is 0 Å². The fraction of sp³-hybridized carbons (Fsp3) is 0.214. The summed E-state index contributed by atoms with van der Waals surface area (Å²) in [5.74, 6) is -0.844. The summed E-state index contributed by atoms with van der Waals surface area (Å²) in [6.07, 6.45) is 0. The van der Waals surface area contributed by atoms with Gasteiger partial charge in [0.1, 0.15) is 12.4 Å². The molecule has 0 aliphatic heterocycles. The molecular formula is C14H15FN4O2. The SMILES string of the molecule is Cc1cc(=O)n(CC(=O)Nc2ccc(F)cc2C)c(N)n1. The van der Waals surface area contributed by atoms with Gasteiger partial charge in [-0.2, -0.15) is 0 Å². The molecule has 0 bridgehead atoms. The predicted octanol–water partition coefficient (Wildman–Crippen LogP) is 1.22. The Balaban J connectivity index is 2.18. The molecule has 2 aromatic rings. The predicted molar refractivity (Wildman–Crippen MR) is 77.4 cm³/mol. The number of amides is 1. The van der Waals surface area contributed by atoms with E-state index in [-0.39, 0.29) is 18.3 Å². The monoisotopic (exact) mass is 290 g/mol. The van der Waals surface area contributed by atoms with Gasteiger partial charge < -0.3 is 11.1 Å². The van der Waals surface area contributed by atoms with Crippen LogP contribution in [0.4, 0.5) is 16.0 Å². The van der Waals surface area contributed by atoms with Crippen molar-refractivity contribution in [3.8, 4) is 0 Å². The molecule has 1 aromatic carbocycles. The first-order chi connectivity index (χ1) is 9.86. The fourth-order valence-corrected chi connectivity index (χ4v) is 1.90. The van der Waals surface area contributed by atoms with Gasteiger partial charge in [-0.1, -0.05) is 0 Å². The summed E-state index contributed by atoms with van der Waals surface area (Å²) in [7, 11) is 0. The topological polar surface area (TPSA) is 90.0 Å². The smallest absolute Gasteiger partial charge is 0.255 e. The number of halogens is 1. The number of nitrogens with one attached hydrogen (secondary N) is 1. The van der Waals surface area contributed by atoms with Crippen molar-refractivity contribution in [2.24, 2.45) is 0 Å². The first-order valence-corrected chi connectivity index (χ1v) is 6.27. The molecule has 1 aromatic heterocycles. The van der Waals surface area contributed by atoms with Crippen LogP contribution in [0.3, 0.4) is 0 Å². The van der Waals surface area contributed by atoms with E-state index in [1.54, 1.807) is 13.8 Å². The summed E-state index contributed by atoms with van der Waals surface area (Å²) in [5.41, 5.74) is 6.80. The van der Waals surface area contributed by atoms with E-state index in [9.17, 15) is 14.0 Å². The van der Waals surface area contributed by atoms with Gasteiger partial charge in [0, 0.05) is 17.4 Å². The Morgan fingerprint density at radius 3 is 2.71 bits per heavy atom. The lowest BCUT2D eigenvalue weighted by atomic mass is 10.2. The van der Waals surface area contributed by atoms with Crippen molar-refractivity contribution in [1.82, 2.24) is 9.55 Å². The number of nitrogens with zero attached hydrogens (tertiary/aromatic N) is 2. The molecule has 0 unspecified atom stereocenters. The van der Waals surface area contributed by atoms with Crippen LogP contribution >= 0.6 is 0 Å². The number of carbonyl (C=O) groups is 1. The largest absolute Gasteiger partial charge is 0.369 e. The molecule has 0 saturated carbocycles. The minimum absolute atomic E-state index is 0.0222. The first-order valence-electron chi connectivity index (χ1n) is 6.27. The first kappa shape index (κ1) is 14.7. The molecule has 3 N–H and O–H groups in total. The molecular weight excluding hydrogens is 275 g/mol. The Hall–Kier alpha value is -2.70. The van der Waals surface area contributed by atoms with Gasteiger partial charge in [-0.15, -0.1) is 0 Å². The van der Waals surface area contributed by atoms with Crippen LogP contribution in [-0.2, 0) is 11.3 Å². The maximum atomic E-state index is 13.0. The zero-order valence-electron chi connectivity index (χ0n) is 11.7. The van der Waals surface area contributed by atoms with Gasteiger partial charge in [0.15, 0.2) is 0 Å². The van der Waals surface area contributed by atoms with Crippen molar-refractivity contribution >= 4 is 17.5 Å². The minimum atomic E-state index is -0.441. The highest BCUT2D eigenvalue weighted by molar-refractivity contribution is 5.91. The van der Waals surface area contributed by atoms with Crippen molar-refractivity contribution in [2.45, 2.75) is 20.4 Å². The van der Waals surface area contributed by atoms with Gasteiger partial charge in [-0.3, -0.25) is 14.2 Å². The van der Waals surface area contributed by atoms with Crippen molar-refractivity contribution in [1.29, 1.82) is 0 Å². The molecule has 0 spiro atoms. The second kappa shape index (κ2) is 5.74. The minimum Gasteiger partial charge on any atom is -0.369 e. The third-order valence-corrected chi connectivity index (χ3v) is 2.93. The van der Waals surface area contributed by atoms with Gasteiger partial charge in [-0.05, 0) is 37.6 Å². The Morgan fingerprint density at radius 2 is 2.10 bits per heavy atom. The van der Waals surface area contributed by atoms with E-state index < -0.39 is 11.5 Å². The number of nitrogen functional groups attached to an aromatic ring is 1. The Bertz CT molecular complexity index is 755. The number of aryl methyl sites for hydroxylation is 2. The highest BCUT2D eigenvalue weighted by Crippen LogP contribution is 2.15. The lowest BCUT2D eigenvalue weighted by Gasteiger charge is -2.11. The molecule has 1 heterocycles. The second-order valence-electron chi connectivity index (χ2n) is 4.69. The van der Waals surface area contributed by atoms with Gasteiger partial charge >= 0.3 is 0 Å². The van der Waals surface area contributed by atoms with Crippen LogP contribution in [0.1, 0.15) is 11.3 Å². The van der Waals surface area contributed by atoms with E-state index >= 15 is 0 Å². The van der Waals surface area contributed by atoms with E-state index in [1.165, 1.54) is 24.3 Å². The molecule has 7 heteroatoms. The zero-order valence-corrected chi connectivity index (χ0v) is 11.7. The lowest BCUT2D eigenvalue weighted by molar-refractivity contribution is -0.116. The van der Waals surface area contributed by atoms with E-state index in [4.69, 9.17) is 5.73 Å². The standard InChI is InChI=1S/C14H15FN4O2/c1-8-5-10(15)3-4-11(8)18-12(20)7-19-13(21)6-9(2)17-14(19)16/h3-6H,7H2,1-2H3,(H2,16,17)(H,18,20). The molecule has 0 atom stereocenters. The van der Waals surface area contributed by atoms with Crippen LogP contribution in [0.5, 0.6) is 0 Å². The third kappa shape index (κ3) is 3.44. The van der Waals surface area contributed by atoms with Crippen molar-refractivity contribution in [2.75, 3.05) is 11.1 Å². The van der Waals surface area contributed by atoms with E-state index in [2.05, 4.69) is 10.3 Å². The summed E-state index contributed by atoms with van der Waals surface area (Å²) in [5, 5.41) is 2.61. The maximum absolute atomic E-state index is 13.0. The van der Waals surface area contributed by atoms with E-state index in [0.29, 0.717) is 16.9 Å². The highest BCUT2D eigenvalue weighted by atomic mass is 19.1. The molecule has 0 aliphatic carbocycles. The fourth-order valence-electron chi connectivity index (χ4n) is 1.90. The van der Waals surface area contributed by atoms with Gasteiger partial charge in [0.25, 0.3) is 5.56 Å². The summed E-state index contributed by atoms with van der Waals surface area (Å²) < 4.78 is 14.1. The Morgan fingerprint density at radius 1 is 1.38 bits per heavy atom. The van der Waals surface area contributed by atoms with Gasteiger partial charge in [0.2, 0.25) is 11.9 Å². The molecule has 0 aliphatic rings. The zero-order chi connectivity index (χ0) is 15.6. The number of hydrogen-bond acceptors (Lipinski definition) is 4. The molecule has 2 rings (SSSR count). The summed E-state index contributed by atoms with van der Waals surface area (Å²) in [6.45, 7) is 3.06. The Kier molecular flexibility index (Phi) is 4.02. The van der Waals surface area contributed by atoms with Gasteiger partial charge in [-0.25, -0.2) is 9.37 Å². The molecule has 0 fully saturated rings. The number of aromatic nitrogens is 2. The van der Waals surface area contributed by atoms with Crippen LogP contribution in [0.15, 0.2) is 29.1 Å². The number of carbonyl (C=O) groups excluding carboxylic acids is 1. The Labute approximate surface area is 120 Å². The van der Waals surface area contributed by atoms with Crippen LogP contribution in [-0.4, -0.2) is 15.5 Å². The quantitative estimate of drug-likeness (QED) is 0.889. The van der Waals surface area contributed by atoms with Crippen molar-refractivity contribution in [3.63, 3.8) is 0 Å². The molecule has 6 nitrogen and oxygen atoms in total. The molecule has 1 amide bonds. The number of anilines is 2. The number of nitrogens with two attached hydrogens (primary N) is 1. The number of hydrogen-bond donors (Lipinski definition) is 2. The molecule has 0 radical (unpaired) electrons. The van der Waals surface area contributed by atoms with E-state index in [0.717, 1.165) is 4.57 Å². The molecule has 110 valence electrons. The molecule has 21 heavy (non-hydrogen) atoms. The maximum Gasteiger partial charge on any atom is 0.255 e. The summed E-state index contributed by atoms with van der Waals surface area (Å²) in [6, 6.07) is 5.31. The summed E-state index contributed by atoms with van der Waals surface area (Å²) >= 11 is 0. The third-order valence-electron chi connectivity index (χ3n) is 2.93. The van der Waals surface area contributed by atoms with Crippen LogP contribution in [0, 0.1) is 19.7 Å². The van der Waals surface area contributed by atoms with Crippen LogP contribution < -0.4 is 16.6 Å². The number of benzene rings is 1. The van der Waals surface area contributed by atoms with Crippen LogP contribution in [0.25, 0.3) is 0 Å².